The van der Waals surface area contributed by atoms with Crippen LogP contribution in [0.25, 0.3) is 0 Å². The normalized spacial score (nSPS) is 11.3. The predicted molar refractivity (Wildman–Crippen MR) is 79.2 cm³/mol. The second-order valence-corrected chi connectivity index (χ2v) is 6.12. The van der Waals surface area contributed by atoms with Crippen molar-refractivity contribution < 1.29 is 17.9 Å². The van der Waals surface area contributed by atoms with Crippen LogP contribution in [0.3, 0.4) is 0 Å². The predicted octanol–water partition coefficient (Wildman–Crippen LogP) is 1.55. The molecule has 0 saturated carbocycles. The molecule has 0 aliphatic rings. The van der Waals surface area contributed by atoms with Crippen LogP contribution in [0.4, 0.5) is 0 Å². The van der Waals surface area contributed by atoms with Gasteiger partial charge in [0.2, 0.25) is 10.0 Å². The highest BCUT2D eigenvalue weighted by Gasteiger charge is 2.20. The van der Waals surface area contributed by atoms with Gasteiger partial charge in [-0.3, -0.25) is 0 Å². The summed E-state index contributed by atoms with van der Waals surface area (Å²) in [5, 5.41) is 0. The molecule has 0 unspecified atom stereocenters. The Morgan fingerprint density at radius 2 is 2.00 bits per heavy atom. The Balaban J connectivity index is 2.14. The van der Waals surface area contributed by atoms with Crippen molar-refractivity contribution in [3.8, 4) is 11.5 Å². The van der Waals surface area contributed by atoms with Gasteiger partial charge in [0.05, 0.1) is 14.2 Å². The topological polar surface area (TPSA) is 80.4 Å². The van der Waals surface area contributed by atoms with E-state index in [9.17, 15) is 8.42 Å². The van der Waals surface area contributed by atoms with E-state index >= 15 is 0 Å². The maximum absolute atomic E-state index is 12.4. The van der Waals surface area contributed by atoms with Crippen LogP contribution >= 0.6 is 0 Å². The van der Waals surface area contributed by atoms with E-state index in [1.54, 1.807) is 18.3 Å². The average Bonchev–Trinajstić information content (AvgIpc) is 2.99. The molecule has 0 aliphatic heterocycles. The highest BCUT2D eigenvalue weighted by atomic mass is 32.2. The first-order chi connectivity index (χ1) is 10.1. The minimum absolute atomic E-state index is 0.0680. The third-order valence-electron chi connectivity index (χ3n) is 3.03. The molecule has 6 nitrogen and oxygen atoms in total. The SMILES string of the molecule is COc1ccc(OC)c(S(=O)(=O)NCCc2cc[nH]c2)c1. The molecule has 0 radical (unpaired) electrons. The van der Waals surface area contributed by atoms with E-state index in [2.05, 4.69) is 9.71 Å². The zero-order valence-corrected chi connectivity index (χ0v) is 12.7. The largest absolute Gasteiger partial charge is 0.497 e. The first-order valence-electron chi connectivity index (χ1n) is 6.40. The van der Waals surface area contributed by atoms with E-state index in [1.807, 2.05) is 12.3 Å². The van der Waals surface area contributed by atoms with Gasteiger partial charge in [0.15, 0.2) is 0 Å². The molecule has 114 valence electrons. The van der Waals surface area contributed by atoms with E-state index in [0.29, 0.717) is 18.7 Å². The molecule has 1 heterocycles. The van der Waals surface area contributed by atoms with Crippen molar-refractivity contribution in [3.63, 3.8) is 0 Å². The number of hydrogen-bond acceptors (Lipinski definition) is 4. The van der Waals surface area contributed by atoms with Crippen LogP contribution in [0, 0.1) is 0 Å². The van der Waals surface area contributed by atoms with Crippen LogP contribution < -0.4 is 14.2 Å². The van der Waals surface area contributed by atoms with Gasteiger partial charge < -0.3 is 14.5 Å². The first-order valence-corrected chi connectivity index (χ1v) is 7.88. The van der Waals surface area contributed by atoms with Crippen LogP contribution in [0.1, 0.15) is 5.56 Å². The minimum Gasteiger partial charge on any atom is -0.497 e. The quantitative estimate of drug-likeness (QED) is 0.813. The molecule has 1 aromatic carbocycles. The number of aromatic amines is 1. The summed E-state index contributed by atoms with van der Waals surface area (Å²) in [6.07, 6.45) is 4.24. The van der Waals surface area contributed by atoms with Gasteiger partial charge in [0, 0.05) is 25.0 Å². The average molecular weight is 310 g/mol. The maximum Gasteiger partial charge on any atom is 0.244 e. The number of sulfonamides is 1. The van der Waals surface area contributed by atoms with Crippen LogP contribution in [0.2, 0.25) is 0 Å². The lowest BCUT2D eigenvalue weighted by Crippen LogP contribution is -2.26. The molecule has 0 spiro atoms. The van der Waals surface area contributed by atoms with Crippen molar-refractivity contribution >= 4 is 10.0 Å². The third kappa shape index (κ3) is 3.77. The zero-order valence-electron chi connectivity index (χ0n) is 11.9. The van der Waals surface area contributed by atoms with Crippen molar-refractivity contribution in [1.82, 2.24) is 9.71 Å². The van der Waals surface area contributed by atoms with Crippen molar-refractivity contribution in [2.24, 2.45) is 0 Å². The summed E-state index contributed by atoms with van der Waals surface area (Å²) in [6, 6.07) is 6.56. The molecule has 2 rings (SSSR count). The van der Waals surface area contributed by atoms with Gasteiger partial charge in [-0.05, 0) is 30.2 Å². The molecule has 7 heteroatoms. The molecule has 21 heavy (non-hydrogen) atoms. The molecule has 0 atom stereocenters. The fourth-order valence-electron chi connectivity index (χ4n) is 1.92. The molecular weight excluding hydrogens is 292 g/mol. The number of hydrogen-bond donors (Lipinski definition) is 2. The van der Waals surface area contributed by atoms with Crippen LogP contribution in [0.5, 0.6) is 11.5 Å². The molecule has 1 aromatic heterocycles. The van der Waals surface area contributed by atoms with E-state index in [0.717, 1.165) is 5.56 Å². The number of ether oxygens (including phenoxy) is 2. The highest BCUT2D eigenvalue weighted by Crippen LogP contribution is 2.27. The van der Waals surface area contributed by atoms with Crippen LogP contribution in [-0.2, 0) is 16.4 Å². The lowest BCUT2D eigenvalue weighted by Gasteiger charge is -2.12. The molecule has 0 fully saturated rings. The van der Waals surface area contributed by atoms with Gasteiger partial charge >= 0.3 is 0 Å². The Labute approximate surface area is 124 Å². The van der Waals surface area contributed by atoms with Gasteiger partial charge in [-0.1, -0.05) is 0 Å². The number of nitrogens with one attached hydrogen (secondary N) is 2. The molecule has 0 aliphatic carbocycles. The Kier molecular flexibility index (Phi) is 4.87. The second kappa shape index (κ2) is 6.64. The van der Waals surface area contributed by atoms with Crippen molar-refractivity contribution in [3.05, 3.63) is 42.2 Å². The lowest BCUT2D eigenvalue weighted by molar-refractivity contribution is 0.392. The van der Waals surface area contributed by atoms with Gasteiger partial charge in [-0.2, -0.15) is 0 Å². The van der Waals surface area contributed by atoms with E-state index in [-0.39, 0.29) is 10.6 Å². The smallest absolute Gasteiger partial charge is 0.244 e. The molecule has 0 bridgehead atoms. The number of benzene rings is 1. The summed E-state index contributed by atoms with van der Waals surface area (Å²) in [6.45, 7) is 0.306. The highest BCUT2D eigenvalue weighted by molar-refractivity contribution is 7.89. The standard InChI is InChI=1S/C14H18N2O4S/c1-19-12-3-4-13(20-2)14(9-12)21(17,18)16-8-6-11-5-7-15-10-11/h3-5,7,9-10,15-16H,6,8H2,1-2H3. The number of H-pyrrole nitrogens is 1. The maximum atomic E-state index is 12.4. The minimum atomic E-state index is -3.65. The molecule has 0 amide bonds. The van der Waals surface area contributed by atoms with Gasteiger partial charge in [-0.25, -0.2) is 13.1 Å². The van der Waals surface area contributed by atoms with Gasteiger partial charge in [0.25, 0.3) is 0 Å². The Hall–Kier alpha value is -1.99. The summed E-state index contributed by atoms with van der Waals surface area (Å²) in [7, 11) is -0.739. The lowest BCUT2D eigenvalue weighted by atomic mass is 10.2. The van der Waals surface area contributed by atoms with E-state index in [4.69, 9.17) is 9.47 Å². The Morgan fingerprint density at radius 3 is 2.62 bits per heavy atom. The van der Waals surface area contributed by atoms with Gasteiger partial charge in [-0.15, -0.1) is 0 Å². The molecule has 2 N–H and O–H groups in total. The van der Waals surface area contributed by atoms with Gasteiger partial charge in [0.1, 0.15) is 16.4 Å². The summed E-state index contributed by atoms with van der Waals surface area (Å²) in [4.78, 5) is 3.00. The summed E-state index contributed by atoms with van der Waals surface area (Å²) in [5.74, 6) is 0.742. The number of rotatable bonds is 7. The number of methoxy groups -OCH3 is 2. The molecular formula is C14H18N2O4S. The Morgan fingerprint density at radius 1 is 1.19 bits per heavy atom. The van der Waals surface area contributed by atoms with Crippen molar-refractivity contribution in [2.75, 3.05) is 20.8 Å². The Bertz CT molecular complexity index is 681. The fourth-order valence-corrected chi connectivity index (χ4v) is 3.13. The van der Waals surface area contributed by atoms with E-state index < -0.39 is 10.0 Å². The zero-order chi connectivity index (χ0) is 15.3. The summed E-state index contributed by atoms with van der Waals surface area (Å²) < 4.78 is 37.4. The van der Waals surface area contributed by atoms with Crippen molar-refractivity contribution in [2.45, 2.75) is 11.3 Å². The molecule has 0 saturated heterocycles. The third-order valence-corrected chi connectivity index (χ3v) is 4.51. The van der Waals surface area contributed by atoms with Crippen LogP contribution in [-0.4, -0.2) is 34.2 Å². The second-order valence-electron chi connectivity index (χ2n) is 4.38. The number of aromatic nitrogens is 1. The monoisotopic (exact) mass is 310 g/mol. The fraction of sp³-hybridized carbons (Fsp3) is 0.286. The molecule has 2 aromatic rings. The first kappa shape index (κ1) is 15.4. The summed E-state index contributed by atoms with van der Waals surface area (Å²) in [5.41, 5.74) is 1.04. The summed E-state index contributed by atoms with van der Waals surface area (Å²) >= 11 is 0. The van der Waals surface area contributed by atoms with Crippen LogP contribution in [0.15, 0.2) is 41.6 Å². The van der Waals surface area contributed by atoms with Crippen molar-refractivity contribution in [1.29, 1.82) is 0 Å². The van der Waals surface area contributed by atoms with E-state index in [1.165, 1.54) is 20.3 Å².